The van der Waals surface area contributed by atoms with Gasteiger partial charge in [0.1, 0.15) is 6.61 Å². The SMILES string of the molecule is CCCC(C)CCCNCCOC(=O)c1cccc(N)c1. The summed E-state index contributed by atoms with van der Waals surface area (Å²) in [6.45, 7) is 6.58. The molecule has 0 radical (unpaired) electrons. The fraction of sp³-hybridized carbons (Fsp3) is 0.588. The first-order chi connectivity index (χ1) is 10.1. The fourth-order valence-corrected chi connectivity index (χ4v) is 2.30. The molecule has 118 valence electrons. The summed E-state index contributed by atoms with van der Waals surface area (Å²) >= 11 is 0. The van der Waals surface area contributed by atoms with Crippen molar-refractivity contribution in [3.8, 4) is 0 Å². The average Bonchev–Trinajstić information content (AvgIpc) is 2.46. The third-order valence-electron chi connectivity index (χ3n) is 3.47. The van der Waals surface area contributed by atoms with Gasteiger partial charge in [-0.1, -0.05) is 32.8 Å². The molecule has 1 aromatic carbocycles. The van der Waals surface area contributed by atoms with Gasteiger partial charge in [0, 0.05) is 12.2 Å². The molecule has 0 aliphatic rings. The van der Waals surface area contributed by atoms with Gasteiger partial charge >= 0.3 is 5.97 Å². The summed E-state index contributed by atoms with van der Waals surface area (Å²) < 4.78 is 5.19. The lowest BCUT2D eigenvalue weighted by molar-refractivity contribution is 0.0508. The number of ether oxygens (including phenoxy) is 1. The van der Waals surface area contributed by atoms with E-state index in [0.717, 1.165) is 12.5 Å². The van der Waals surface area contributed by atoms with Crippen LogP contribution in [0.5, 0.6) is 0 Å². The summed E-state index contributed by atoms with van der Waals surface area (Å²) in [6, 6.07) is 6.84. The molecule has 1 atom stereocenters. The molecule has 0 heterocycles. The van der Waals surface area contributed by atoms with Crippen molar-refractivity contribution in [2.45, 2.75) is 39.5 Å². The topological polar surface area (TPSA) is 64.3 Å². The maximum Gasteiger partial charge on any atom is 0.338 e. The first kappa shape index (κ1) is 17.5. The van der Waals surface area contributed by atoms with E-state index in [0.29, 0.717) is 24.4 Å². The molecule has 0 spiro atoms. The van der Waals surface area contributed by atoms with E-state index in [2.05, 4.69) is 19.2 Å². The Labute approximate surface area is 128 Å². The Morgan fingerprint density at radius 3 is 2.86 bits per heavy atom. The quantitative estimate of drug-likeness (QED) is 0.395. The van der Waals surface area contributed by atoms with Gasteiger partial charge in [-0.05, 0) is 43.5 Å². The zero-order valence-electron chi connectivity index (χ0n) is 13.2. The lowest BCUT2D eigenvalue weighted by Gasteiger charge is -2.10. The van der Waals surface area contributed by atoms with Crippen molar-refractivity contribution in [1.29, 1.82) is 0 Å². The highest BCUT2D eigenvalue weighted by molar-refractivity contribution is 5.90. The van der Waals surface area contributed by atoms with Crippen LogP contribution >= 0.6 is 0 Å². The van der Waals surface area contributed by atoms with Gasteiger partial charge in [-0.3, -0.25) is 0 Å². The van der Waals surface area contributed by atoms with E-state index in [1.165, 1.54) is 25.7 Å². The van der Waals surface area contributed by atoms with Gasteiger partial charge in [-0.15, -0.1) is 0 Å². The molecule has 0 saturated carbocycles. The second-order valence-corrected chi connectivity index (χ2v) is 5.55. The van der Waals surface area contributed by atoms with Crippen molar-refractivity contribution < 1.29 is 9.53 Å². The Bertz CT molecular complexity index is 421. The van der Waals surface area contributed by atoms with Gasteiger partial charge in [0.2, 0.25) is 0 Å². The van der Waals surface area contributed by atoms with Crippen LogP contribution in [0, 0.1) is 5.92 Å². The van der Waals surface area contributed by atoms with Crippen LogP contribution in [0.1, 0.15) is 49.9 Å². The van der Waals surface area contributed by atoms with Crippen molar-refractivity contribution in [2.75, 3.05) is 25.4 Å². The van der Waals surface area contributed by atoms with Crippen LogP contribution in [-0.2, 0) is 4.74 Å². The van der Waals surface area contributed by atoms with Crippen LogP contribution in [0.3, 0.4) is 0 Å². The van der Waals surface area contributed by atoms with Gasteiger partial charge in [-0.2, -0.15) is 0 Å². The van der Waals surface area contributed by atoms with E-state index < -0.39 is 0 Å². The number of nitrogen functional groups attached to an aromatic ring is 1. The highest BCUT2D eigenvalue weighted by atomic mass is 16.5. The lowest BCUT2D eigenvalue weighted by atomic mass is 10.0. The van der Waals surface area contributed by atoms with Gasteiger partial charge in [0.25, 0.3) is 0 Å². The number of nitrogens with one attached hydrogen (secondary N) is 1. The number of benzene rings is 1. The molecule has 0 bridgehead atoms. The minimum atomic E-state index is -0.319. The molecule has 1 rings (SSSR count). The number of hydrogen-bond donors (Lipinski definition) is 2. The molecule has 0 aromatic heterocycles. The number of carbonyl (C=O) groups excluding carboxylic acids is 1. The maximum absolute atomic E-state index is 11.7. The van der Waals surface area contributed by atoms with Gasteiger partial charge in [0.15, 0.2) is 0 Å². The van der Waals surface area contributed by atoms with Crippen molar-refractivity contribution in [3.05, 3.63) is 29.8 Å². The molecular formula is C17H28N2O2. The molecule has 4 heteroatoms. The summed E-state index contributed by atoms with van der Waals surface area (Å²) in [5, 5.41) is 3.30. The Balaban J connectivity index is 2.05. The molecule has 1 aromatic rings. The number of anilines is 1. The monoisotopic (exact) mass is 292 g/mol. The third-order valence-corrected chi connectivity index (χ3v) is 3.47. The van der Waals surface area contributed by atoms with E-state index in [1.807, 2.05) is 0 Å². The number of hydrogen-bond acceptors (Lipinski definition) is 4. The molecule has 4 nitrogen and oxygen atoms in total. The van der Waals surface area contributed by atoms with Crippen molar-refractivity contribution in [1.82, 2.24) is 5.32 Å². The number of esters is 1. The zero-order valence-corrected chi connectivity index (χ0v) is 13.2. The predicted octanol–water partition coefficient (Wildman–Crippen LogP) is 3.23. The molecule has 0 aliphatic carbocycles. The van der Waals surface area contributed by atoms with Crippen molar-refractivity contribution in [2.24, 2.45) is 5.92 Å². The Morgan fingerprint density at radius 2 is 2.14 bits per heavy atom. The van der Waals surface area contributed by atoms with Gasteiger partial charge < -0.3 is 15.8 Å². The van der Waals surface area contributed by atoms with Crippen LogP contribution in [0.4, 0.5) is 5.69 Å². The summed E-state index contributed by atoms with van der Waals surface area (Å²) in [6.07, 6.45) is 4.99. The first-order valence-electron chi connectivity index (χ1n) is 7.87. The van der Waals surface area contributed by atoms with E-state index in [4.69, 9.17) is 10.5 Å². The summed E-state index contributed by atoms with van der Waals surface area (Å²) in [5.41, 5.74) is 6.71. The molecule has 0 saturated heterocycles. The van der Waals surface area contributed by atoms with E-state index >= 15 is 0 Å². The Hall–Kier alpha value is -1.55. The molecule has 3 N–H and O–H groups in total. The predicted molar refractivity (Wildman–Crippen MR) is 87.3 cm³/mol. The summed E-state index contributed by atoms with van der Waals surface area (Å²) in [4.78, 5) is 11.7. The molecule has 0 aliphatic heterocycles. The molecule has 0 amide bonds. The van der Waals surface area contributed by atoms with Crippen LogP contribution < -0.4 is 11.1 Å². The largest absolute Gasteiger partial charge is 0.461 e. The second kappa shape index (κ2) is 10.2. The Kier molecular flexibility index (Phi) is 8.51. The average molecular weight is 292 g/mol. The fourth-order valence-electron chi connectivity index (χ4n) is 2.30. The molecular weight excluding hydrogens is 264 g/mol. The summed E-state index contributed by atoms with van der Waals surface area (Å²) in [7, 11) is 0. The van der Waals surface area contributed by atoms with Gasteiger partial charge in [0.05, 0.1) is 5.56 Å². The smallest absolute Gasteiger partial charge is 0.338 e. The number of rotatable bonds is 10. The first-order valence-corrected chi connectivity index (χ1v) is 7.87. The van der Waals surface area contributed by atoms with E-state index in [-0.39, 0.29) is 5.97 Å². The lowest BCUT2D eigenvalue weighted by Crippen LogP contribution is -2.22. The van der Waals surface area contributed by atoms with Crippen LogP contribution in [0.25, 0.3) is 0 Å². The van der Waals surface area contributed by atoms with Crippen molar-refractivity contribution >= 4 is 11.7 Å². The maximum atomic E-state index is 11.7. The summed E-state index contributed by atoms with van der Waals surface area (Å²) in [5.74, 6) is 0.485. The molecule has 21 heavy (non-hydrogen) atoms. The minimum Gasteiger partial charge on any atom is -0.461 e. The number of nitrogens with two attached hydrogens (primary N) is 1. The highest BCUT2D eigenvalue weighted by Gasteiger charge is 2.06. The van der Waals surface area contributed by atoms with E-state index in [9.17, 15) is 4.79 Å². The highest BCUT2D eigenvalue weighted by Crippen LogP contribution is 2.11. The molecule has 0 fully saturated rings. The zero-order chi connectivity index (χ0) is 15.5. The van der Waals surface area contributed by atoms with Gasteiger partial charge in [-0.25, -0.2) is 4.79 Å². The second-order valence-electron chi connectivity index (χ2n) is 5.55. The van der Waals surface area contributed by atoms with Crippen molar-refractivity contribution in [3.63, 3.8) is 0 Å². The minimum absolute atomic E-state index is 0.319. The van der Waals surface area contributed by atoms with E-state index in [1.54, 1.807) is 24.3 Å². The number of carbonyl (C=O) groups is 1. The third kappa shape index (κ3) is 7.71. The standard InChI is InChI=1S/C17H28N2O2/c1-3-6-14(2)7-5-10-19-11-12-21-17(20)15-8-4-9-16(18)13-15/h4,8-9,13-14,19H,3,5-7,10-12,18H2,1-2H3. The van der Waals surface area contributed by atoms with Crippen LogP contribution in [0.15, 0.2) is 24.3 Å². The van der Waals surface area contributed by atoms with Crippen LogP contribution in [0.2, 0.25) is 0 Å². The Morgan fingerprint density at radius 1 is 1.33 bits per heavy atom. The normalized spacial score (nSPS) is 12.1. The van der Waals surface area contributed by atoms with Crippen LogP contribution in [-0.4, -0.2) is 25.7 Å². The molecule has 1 unspecified atom stereocenters.